The first kappa shape index (κ1) is 17.5. The van der Waals surface area contributed by atoms with Crippen LogP contribution in [0.3, 0.4) is 0 Å². The van der Waals surface area contributed by atoms with Crippen molar-refractivity contribution in [2.75, 3.05) is 24.5 Å². The van der Waals surface area contributed by atoms with Crippen LogP contribution in [0.15, 0.2) is 42.7 Å². The average Bonchev–Trinajstić information content (AvgIpc) is 3.11. The number of rotatable bonds is 5. The highest BCUT2D eigenvalue weighted by atomic mass is 16.1. The first-order valence-corrected chi connectivity index (χ1v) is 9.62. The van der Waals surface area contributed by atoms with Crippen molar-refractivity contribution < 1.29 is 4.79 Å². The summed E-state index contributed by atoms with van der Waals surface area (Å²) < 4.78 is 0. The fraction of sp³-hybridized carbons (Fsp3) is 0.381. The van der Waals surface area contributed by atoms with Gasteiger partial charge < -0.3 is 15.2 Å². The molecule has 1 aliphatic heterocycles. The second-order valence-electron chi connectivity index (χ2n) is 7.30. The number of benzene rings is 1. The van der Waals surface area contributed by atoms with Gasteiger partial charge in [-0.15, -0.1) is 0 Å². The predicted molar refractivity (Wildman–Crippen MR) is 107 cm³/mol. The van der Waals surface area contributed by atoms with E-state index in [1.54, 1.807) is 12.3 Å². The van der Waals surface area contributed by atoms with Crippen LogP contribution in [-0.4, -0.2) is 40.5 Å². The number of aromatic amines is 1. The van der Waals surface area contributed by atoms with Gasteiger partial charge in [0.1, 0.15) is 5.69 Å². The summed E-state index contributed by atoms with van der Waals surface area (Å²) in [6.07, 6.45) is 6.85. The van der Waals surface area contributed by atoms with Crippen molar-refractivity contribution in [2.45, 2.75) is 26.2 Å². The second-order valence-corrected chi connectivity index (χ2v) is 7.30. The highest BCUT2D eigenvalue weighted by Crippen LogP contribution is 2.20. The number of amides is 1. The fourth-order valence-electron chi connectivity index (χ4n) is 3.74. The summed E-state index contributed by atoms with van der Waals surface area (Å²) in [7, 11) is 0. The Bertz CT molecular complexity index is 935. The van der Waals surface area contributed by atoms with Crippen molar-refractivity contribution in [3.8, 4) is 0 Å². The lowest BCUT2D eigenvalue weighted by atomic mass is 10.0. The Morgan fingerprint density at radius 1 is 1.33 bits per heavy atom. The topological polar surface area (TPSA) is 73.9 Å². The number of aromatic nitrogens is 3. The van der Waals surface area contributed by atoms with E-state index in [4.69, 9.17) is 0 Å². The molecule has 1 atom stereocenters. The van der Waals surface area contributed by atoms with Crippen LogP contribution in [0.4, 0.5) is 5.95 Å². The van der Waals surface area contributed by atoms with Crippen LogP contribution in [0.2, 0.25) is 0 Å². The molecule has 140 valence electrons. The number of anilines is 1. The zero-order valence-corrected chi connectivity index (χ0v) is 15.6. The molecule has 3 aromatic rings. The van der Waals surface area contributed by atoms with E-state index in [0.29, 0.717) is 24.1 Å². The average molecular weight is 363 g/mol. The Kier molecular flexibility index (Phi) is 5.05. The summed E-state index contributed by atoms with van der Waals surface area (Å²) in [5, 5.41) is 4.18. The van der Waals surface area contributed by atoms with Gasteiger partial charge in [0.25, 0.3) is 5.91 Å². The molecule has 27 heavy (non-hydrogen) atoms. The zero-order valence-electron chi connectivity index (χ0n) is 15.6. The van der Waals surface area contributed by atoms with Gasteiger partial charge >= 0.3 is 0 Å². The normalized spacial score (nSPS) is 17.2. The molecule has 4 rings (SSSR count). The van der Waals surface area contributed by atoms with Crippen molar-refractivity contribution >= 4 is 22.8 Å². The summed E-state index contributed by atoms with van der Waals surface area (Å²) in [6.45, 7) is 4.72. The molecule has 0 aliphatic carbocycles. The van der Waals surface area contributed by atoms with Gasteiger partial charge in [-0.2, -0.15) is 0 Å². The summed E-state index contributed by atoms with van der Waals surface area (Å²) in [4.78, 5) is 26.8. The minimum absolute atomic E-state index is 0.149. The molecule has 0 spiro atoms. The van der Waals surface area contributed by atoms with E-state index < -0.39 is 0 Å². The maximum atomic E-state index is 12.5. The molecule has 0 bridgehead atoms. The van der Waals surface area contributed by atoms with E-state index in [9.17, 15) is 4.79 Å². The maximum absolute atomic E-state index is 12.5. The number of carbonyl (C=O) groups excluding carboxylic acids is 1. The van der Waals surface area contributed by atoms with Crippen molar-refractivity contribution in [2.24, 2.45) is 5.92 Å². The Morgan fingerprint density at radius 3 is 3.11 bits per heavy atom. The lowest BCUT2D eigenvalue weighted by Crippen LogP contribution is -2.36. The molecule has 1 fully saturated rings. The smallest absolute Gasteiger partial charge is 0.270 e. The van der Waals surface area contributed by atoms with Crippen LogP contribution in [0.25, 0.3) is 10.9 Å². The number of para-hydroxylation sites is 1. The monoisotopic (exact) mass is 363 g/mol. The maximum Gasteiger partial charge on any atom is 0.270 e. The minimum atomic E-state index is -0.149. The number of H-pyrrole nitrogens is 1. The number of piperidine rings is 1. The van der Waals surface area contributed by atoms with Gasteiger partial charge in [0.2, 0.25) is 5.95 Å². The van der Waals surface area contributed by atoms with Gasteiger partial charge in [0, 0.05) is 42.9 Å². The third kappa shape index (κ3) is 3.94. The van der Waals surface area contributed by atoms with Gasteiger partial charge in [-0.1, -0.05) is 25.1 Å². The largest absolute Gasteiger partial charge is 0.361 e. The Hall–Kier alpha value is -2.89. The van der Waals surface area contributed by atoms with E-state index in [0.717, 1.165) is 31.4 Å². The number of carbonyl (C=O) groups is 1. The van der Waals surface area contributed by atoms with Crippen LogP contribution in [0, 0.1) is 5.92 Å². The SMILES string of the molecule is CC1CCCN(c2nccc(C(=O)NCCc3c[nH]c4ccccc34)n2)C1. The van der Waals surface area contributed by atoms with Crippen molar-refractivity contribution in [1.82, 2.24) is 20.3 Å². The molecule has 6 nitrogen and oxygen atoms in total. The molecule has 1 aromatic carbocycles. The first-order chi connectivity index (χ1) is 13.2. The molecular weight excluding hydrogens is 338 g/mol. The summed E-state index contributed by atoms with van der Waals surface area (Å²) >= 11 is 0. The van der Waals surface area contributed by atoms with E-state index in [-0.39, 0.29) is 5.91 Å². The van der Waals surface area contributed by atoms with Gasteiger partial charge in [0.15, 0.2) is 0 Å². The molecule has 1 amide bonds. The number of nitrogens with one attached hydrogen (secondary N) is 2. The second kappa shape index (κ2) is 7.78. The molecule has 1 unspecified atom stereocenters. The van der Waals surface area contributed by atoms with E-state index in [2.05, 4.69) is 44.2 Å². The third-order valence-electron chi connectivity index (χ3n) is 5.17. The summed E-state index contributed by atoms with van der Waals surface area (Å²) in [5.74, 6) is 1.14. The number of hydrogen-bond donors (Lipinski definition) is 2. The van der Waals surface area contributed by atoms with Crippen LogP contribution in [0.1, 0.15) is 35.8 Å². The standard InChI is InChI=1S/C21H25N5O/c1-15-5-4-12-26(14-15)21-23-11-9-19(25-21)20(27)22-10-8-16-13-24-18-7-3-2-6-17(16)18/h2-3,6-7,9,11,13,15,24H,4-5,8,10,12,14H2,1H3,(H,22,27). The molecule has 0 radical (unpaired) electrons. The third-order valence-corrected chi connectivity index (χ3v) is 5.17. The lowest BCUT2D eigenvalue weighted by molar-refractivity contribution is 0.0949. The van der Waals surface area contributed by atoms with Crippen LogP contribution >= 0.6 is 0 Å². The Balaban J connectivity index is 1.37. The fourth-order valence-corrected chi connectivity index (χ4v) is 3.74. The quantitative estimate of drug-likeness (QED) is 0.730. The predicted octanol–water partition coefficient (Wildman–Crippen LogP) is 3.17. The van der Waals surface area contributed by atoms with E-state index >= 15 is 0 Å². The molecule has 6 heteroatoms. The highest BCUT2D eigenvalue weighted by molar-refractivity contribution is 5.92. The molecule has 3 heterocycles. The van der Waals surface area contributed by atoms with E-state index in [1.807, 2.05) is 18.3 Å². The minimum Gasteiger partial charge on any atom is -0.361 e. The van der Waals surface area contributed by atoms with Gasteiger partial charge in [0.05, 0.1) is 0 Å². The van der Waals surface area contributed by atoms with E-state index in [1.165, 1.54) is 17.4 Å². The summed E-state index contributed by atoms with van der Waals surface area (Å²) in [6, 6.07) is 9.88. The number of fused-ring (bicyclic) bond motifs is 1. The van der Waals surface area contributed by atoms with Gasteiger partial charge in [-0.25, -0.2) is 9.97 Å². The van der Waals surface area contributed by atoms with Gasteiger partial charge in [-0.3, -0.25) is 4.79 Å². The molecule has 2 N–H and O–H groups in total. The first-order valence-electron chi connectivity index (χ1n) is 9.62. The lowest BCUT2D eigenvalue weighted by Gasteiger charge is -2.30. The highest BCUT2D eigenvalue weighted by Gasteiger charge is 2.19. The van der Waals surface area contributed by atoms with Gasteiger partial charge in [-0.05, 0) is 42.9 Å². The molecule has 1 saturated heterocycles. The van der Waals surface area contributed by atoms with Crippen LogP contribution in [0.5, 0.6) is 0 Å². The Labute approximate surface area is 159 Å². The molecule has 1 aliphatic rings. The van der Waals surface area contributed by atoms with Crippen LogP contribution in [-0.2, 0) is 6.42 Å². The van der Waals surface area contributed by atoms with Crippen molar-refractivity contribution in [1.29, 1.82) is 0 Å². The summed E-state index contributed by atoms with van der Waals surface area (Å²) in [5.41, 5.74) is 2.75. The number of nitrogens with zero attached hydrogens (tertiary/aromatic N) is 3. The molecule has 2 aromatic heterocycles. The van der Waals surface area contributed by atoms with Crippen LogP contribution < -0.4 is 10.2 Å². The molecular formula is C21H25N5O. The zero-order chi connectivity index (χ0) is 18.6. The molecule has 0 saturated carbocycles. The number of hydrogen-bond acceptors (Lipinski definition) is 4. The van der Waals surface area contributed by atoms with Crippen molar-refractivity contribution in [3.63, 3.8) is 0 Å². The Morgan fingerprint density at radius 2 is 2.22 bits per heavy atom. The van der Waals surface area contributed by atoms with Crippen molar-refractivity contribution in [3.05, 3.63) is 54.0 Å².